The zero-order chi connectivity index (χ0) is 16.4. The van der Waals surface area contributed by atoms with E-state index < -0.39 is 18.3 Å². The molecule has 0 saturated carbocycles. The quantitative estimate of drug-likeness (QED) is 0.784. The Morgan fingerprint density at radius 2 is 1.81 bits per heavy atom. The maximum absolute atomic E-state index is 10.4. The highest BCUT2D eigenvalue weighted by molar-refractivity contribution is 6.61. The molecular formula is C15H25BClNO3. The van der Waals surface area contributed by atoms with Crippen molar-refractivity contribution in [2.45, 2.75) is 45.4 Å². The van der Waals surface area contributed by atoms with Crippen molar-refractivity contribution >= 4 is 24.2 Å². The van der Waals surface area contributed by atoms with Gasteiger partial charge in [0.25, 0.3) is 0 Å². The monoisotopic (exact) mass is 313 g/mol. The molecule has 0 aromatic heterocycles. The lowest BCUT2D eigenvalue weighted by Gasteiger charge is -2.38. The highest BCUT2D eigenvalue weighted by Crippen LogP contribution is 2.25. The van der Waals surface area contributed by atoms with Crippen LogP contribution in [0, 0.1) is 0 Å². The van der Waals surface area contributed by atoms with E-state index in [-0.39, 0.29) is 0 Å². The van der Waals surface area contributed by atoms with Crippen LogP contribution in [0.15, 0.2) is 18.2 Å². The van der Waals surface area contributed by atoms with Gasteiger partial charge >= 0.3 is 7.12 Å². The van der Waals surface area contributed by atoms with Crippen LogP contribution in [0.5, 0.6) is 0 Å². The van der Waals surface area contributed by atoms with E-state index in [9.17, 15) is 10.1 Å². The average Bonchev–Trinajstić information content (AvgIpc) is 2.28. The molecule has 1 rings (SSSR count). The third-order valence-corrected chi connectivity index (χ3v) is 3.98. The van der Waals surface area contributed by atoms with Gasteiger partial charge in [0.15, 0.2) is 0 Å². The minimum atomic E-state index is -1.15. The normalized spacial score (nSPS) is 12.9. The molecule has 0 spiro atoms. The number of halogens is 1. The Labute approximate surface area is 132 Å². The number of hydrogen-bond acceptors (Lipinski definition) is 4. The SMILES string of the molecule is CN(C)Cc1ccc(Cl)cc1B(O)OC(C)(C)C(C)(C)O. The predicted molar refractivity (Wildman–Crippen MR) is 87.9 cm³/mol. The van der Waals surface area contributed by atoms with E-state index in [1.165, 1.54) is 0 Å². The van der Waals surface area contributed by atoms with Crippen LogP contribution in [0.2, 0.25) is 5.02 Å². The van der Waals surface area contributed by atoms with E-state index >= 15 is 0 Å². The van der Waals surface area contributed by atoms with E-state index in [1.807, 2.05) is 25.1 Å². The molecule has 118 valence electrons. The van der Waals surface area contributed by atoms with Crippen molar-refractivity contribution in [3.63, 3.8) is 0 Å². The molecule has 1 aromatic rings. The van der Waals surface area contributed by atoms with Crippen molar-refractivity contribution in [2.75, 3.05) is 14.1 Å². The Morgan fingerprint density at radius 1 is 1.24 bits per heavy atom. The Hall–Kier alpha value is -0.585. The molecular weight excluding hydrogens is 288 g/mol. The van der Waals surface area contributed by atoms with Gasteiger partial charge in [-0.3, -0.25) is 0 Å². The second kappa shape index (κ2) is 6.67. The molecule has 1 aromatic carbocycles. The van der Waals surface area contributed by atoms with E-state index in [2.05, 4.69) is 0 Å². The molecule has 0 fully saturated rings. The summed E-state index contributed by atoms with van der Waals surface area (Å²) in [7, 11) is 2.75. The van der Waals surface area contributed by atoms with Gasteiger partial charge in [0.1, 0.15) is 0 Å². The van der Waals surface area contributed by atoms with Crippen LogP contribution in [0.25, 0.3) is 0 Å². The summed E-state index contributed by atoms with van der Waals surface area (Å²) >= 11 is 6.03. The highest BCUT2D eigenvalue weighted by Gasteiger charge is 2.40. The van der Waals surface area contributed by atoms with Crippen LogP contribution < -0.4 is 5.46 Å². The fourth-order valence-electron chi connectivity index (χ4n) is 1.77. The minimum absolute atomic E-state index is 0.538. The molecule has 0 radical (unpaired) electrons. The molecule has 4 nitrogen and oxygen atoms in total. The lowest BCUT2D eigenvalue weighted by molar-refractivity contribution is -0.0982. The molecule has 0 saturated heterocycles. The van der Waals surface area contributed by atoms with Crippen molar-refractivity contribution in [1.29, 1.82) is 0 Å². The number of benzene rings is 1. The van der Waals surface area contributed by atoms with E-state index in [4.69, 9.17) is 16.3 Å². The first-order valence-corrected chi connectivity index (χ1v) is 7.33. The van der Waals surface area contributed by atoms with Gasteiger partial charge in [0.05, 0.1) is 11.2 Å². The molecule has 0 atom stereocenters. The Morgan fingerprint density at radius 3 is 2.29 bits per heavy atom. The van der Waals surface area contributed by atoms with Crippen LogP contribution in [-0.2, 0) is 11.2 Å². The number of rotatable bonds is 6. The van der Waals surface area contributed by atoms with Crippen LogP contribution in [0.1, 0.15) is 33.3 Å². The molecule has 0 unspecified atom stereocenters. The summed E-state index contributed by atoms with van der Waals surface area (Å²) in [5.41, 5.74) is -0.449. The second-order valence-corrected chi connectivity index (χ2v) is 7.06. The number of aliphatic hydroxyl groups is 1. The highest BCUT2D eigenvalue weighted by atomic mass is 35.5. The number of hydrogen-bond donors (Lipinski definition) is 2. The standard InChI is InChI=1S/C15H25BClNO3/c1-14(2,19)15(3,4)21-16(20)13-9-12(17)8-7-11(13)10-18(5)6/h7-9,19-20H,10H2,1-6H3. The van der Waals surface area contributed by atoms with Crippen LogP contribution in [0.4, 0.5) is 0 Å². The minimum Gasteiger partial charge on any atom is -0.423 e. The number of nitrogens with zero attached hydrogens (tertiary/aromatic N) is 1. The van der Waals surface area contributed by atoms with Gasteiger partial charge in [-0.2, -0.15) is 0 Å². The van der Waals surface area contributed by atoms with Crippen molar-refractivity contribution < 1.29 is 14.8 Å². The largest absolute Gasteiger partial charge is 0.492 e. The lowest BCUT2D eigenvalue weighted by Crippen LogP contribution is -2.53. The van der Waals surface area contributed by atoms with Gasteiger partial charge in [-0.25, -0.2) is 0 Å². The van der Waals surface area contributed by atoms with Crippen LogP contribution in [0.3, 0.4) is 0 Å². The average molecular weight is 314 g/mol. The third-order valence-electron chi connectivity index (χ3n) is 3.74. The third kappa shape index (κ3) is 4.97. The van der Waals surface area contributed by atoms with Crippen molar-refractivity contribution in [2.24, 2.45) is 0 Å². The van der Waals surface area contributed by atoms with Gasteiger partial charge in [0.2, 0.25) is 0 Å². The summed E-state index contributed by atoms with van der Waals surface area (Å²) in [5.74, 6) is 0. The molecule has 0 aliphatic heterocycles. The van der Waals surface area contributed by atoms with Crippen molar-refractivity contribution in [3.8, 4) is 0 Å². The first-order chi connectivity index (χ1) is 9.44. The van der Waals surface area contributed by atoms with Gasteiger partial charge in [-0.15, -0.1) is 0 Å². The first-order valence-electron chi connectivity index (χ1n) is 6.95. The molecule has 21 heavy (non-hydrogen) atoms. The van der Waals surface area contributed by atoms with Gasteiger partial charge in [0, 0.05) is 11.6 Å². The summed E-state index contributed by atoms with van der Waals surface area (Å²) in [6, 6.07) is 5.37. The summed E-state index contributed by atoms with van der Waals surface area (Å²) < 4.78 is 5.69. The fourth-order valence-corrected chi connectivity index (χ4v) is 1.95. The maximum atomic E-state index is 10.4. The molecule has 0 amide bonds. The second-order valence-electron chi connectivity index (χ2n) is 6.62. The van der Waals surface area contributed by atoms with E-state index in [0.717, 1.165) is 5.56 Å². The first kappa shape index (κ1) is 18.5. The zero-order valence-corrected chi connectivity index (χ0v) is 14.4. The zero-order valence-electron chi connectivity index (χ0n) is 13.6. The maximum Gasteiger partial charge on any atom is 0.492 e. The summed E-state index contributed by atoms with van der Waals surface area (Å²) in [4.78, 5) is 2.00. The summed E-state index contributed by atoms with van der Waals surface area (Å²) in [5, 5.41) is 21.1. The molecule has 2 N–H and O–H groups in total. The van der Waals surface area contributed by atoms with Crippen LogP contribution in [-0.4, -0.2) is 47.4 Å². The predicted octanol–water partition coefficient (Wildman–Crippen LogP) is 1.66. The molecule has 0 aliphatic rings. The van der Waals surface area contributed by atoms with Crippen LogP contribution >= 0.6 is 11.6 Å². The van der Waals surface area contributed by atoms with Gasteiger partial charge in [-0.1, -0.05) is 17.7 Å². The van der Waals surface area contributed by atoms with Crippen molar-refractivity contribution in [3.05, 3.63) is 28.8 Å². The van der Waals surface area contributed by atoms with Gasteiger partial charge in [-0.05, 0) is 64.9 Å². The Bertz CT molecular complexity index is 486. The molecule has 0 bridgehead atoms. The van der Waals surface area contributed by atoms with Crippen molar-refractivity contribution in [1.82, 2.24) is 4.90 Å². The van der Waals surface area contributed by atoms with Gasteiger partial charge < -0.3 is 19.7 Å². The summed E-state index contributed by atoms with van der Waals surface area (Å²) in [6.45, 7) is 7.45. The molecule has 6 heteroatoms. The Balaban J connectivity index is 3.06. The fraction of sp³-hybridized carbons (Fsp3) is 0.600. The Kier molecular flexibility index (Phi) is 5.87. The van der Waals surface area contributed by atoms with E-state index in [0.29, 0.717) is 17.0 Å². The smallest absolute Gasteiger partial charge is 0.423 e. The van der Waals surface area contributed by atoms with E-state index in [1.54, 1.807) is 39.8 Å². The lowest BCUT2D eigenvalue weighted by atomic mass is 9.74. The molecule has 0 heterocycles. The topological polar surface area (TPSA) is 52.9 Å². The summed E-state index contributed by atoms with van der Waals surface area (Å²) in [6.07, 6.45) is 0. The molecule has 0 aliphatic carbocycles.